The summed E-state index contributed by atoms with van der Waals surface area (Å²) in [4.78, 5) is 57.5. The largest absolute Gasteiger partial charge is 0.298 e. The summed E-state index contributed by atoms with van der Waals surface area (Å²) >= 11 is 21.8. The molecule has 0 radical (unpaired) electrons. The van der Waals surface area contributed by atoms with Gasteiger partial charge in [-0.3, -0.25) is 29.3 Å². The minimum Gasteiger partial charge on any atom is -0.298 e. The van der Waals surface area contributed by atoms with E-state index >= 15 is 0 Å². The summed E-state index contributed by atoms with van der Waals surface area (Å²) in [6.07, 6.45) is 0.153. The third-order valence-electron chi connectivity index (χ3n) is 2.89. The number of benzene rings is 1. The fourth-order valence-electron chi connectivity index (χ4n) is 2.02. The van der Waals surface area contributed by atoms with E-state index in [0.717, 1.165) is 13.0 Å². The first-order valence-electron chi connectivity index (χ1n) is 5.99. The molecule has 0 bridgehead atoms. The lowest BCUT2D eigenvalue weighted by Gasteiger charge is -2.15. The molecule has 128 valence electrons. The van der Waals surface area contributed by atoms with Gasteiger partial charge in [0.25, 0.3) is 9.48 Å². The molecule has 1 aromatic rings. The standard InChI is InChI=1S/C13H7Cl4NO6/c1-5(20)9-6(4-19)2-7(12(22)13(15,16)17)11(18(23)24)10(9)8(21)3-14/h2,4H,3H2,1H3. The minimum atomic E-state index is -2.58. The van der Waals surface area contributed by atoms with Gasteiger partial charge in [0.05, 0.1) is 10.8 Å². The van der Waals surface area contributed by atoms with Gasteiger partial charge >= 0.3 is 0 Å². The van der Waals surface area contributed by atoms with Crippen molar-refractivity contribution in [1.29, 1.82) is 0 Å². The molecule has 0 N–H and O–H groups in total. The number of hydrogen-bond acceptors (Lipinski definition) is 6. The van der Waals surface area contributed by atoms with Crippen molar-refractivity contribution in [2.24, 2.45) is 0 Å². The Hall–Kier alpha value is -1.54. The number of Topliss-reactive ketones (excluding diaryl/α,β-unsaturated/α-hetero) is 3. The highest BCUT2D eigenvalue weighted by Gasteiger charge is 2.40. The molecule has 0 aliphatic rings. The van der Waals surface area contributed by atoms with Gasteiger partial charge in [0, 0.05) is 11.1 Å². The summed E-state index contributed by atoms with van der Waals surface area (Å²) < 4.78 is -2.58. The van der Waals surface area contributed by atoms with Gasteiger partial charge in [0.1, 0.15) is 11.1 Å². The van der Waals surface area contributed by atoms with Gasteiger partial charge in [-0.1, -0.05) is 34.8 Å². The maximum absolute atomic E-state index is 12.2. The second kappa shape index (κ2) is 7.57. The van der Waals surface area contributed by atoms with Crippen LogP contribution in [0.4, 0.5) is 5.69 Å². The Labute approximate surface area is 154 Å². The van der Waals surface area contributed by atoms with E-state index < -0.39 is 59.9 Å². The lowest BCUT2D eigenvalue weighted by atomic mass is 9.90. The zero-order chi connectivity index (χ0) is 18.8. The lowest BCUT2D eigenvalue weighted by Crippen LogP contribution is -2.24. The first kappa shape index (κ1) is 20.5. The van der Waals surface area contributed by atoms with E-state index in [1.165, 1.54) is 0 Å². The molecule has 0 atom stereocenters. The molecule has 1 rings (SSSR count). The third kappa shape index (κ3) is 3.92. The first-order valence-corrected chi connectivity index (χ1v) is 7.66. The number of nitrogens with zero attached hydrogens (tertiary/aromatic N) is 1. The summed E-state index contributed by atoms with van der Waals surface area (Å²) in [6.45, 7) is 0.994. The van der Waals surface area contributed by atoms with Crippen LogP contribution in [0, 0.1) is 10.1 Å². The van der Waals surface area contributed by atoms with E-state index in [-0.39, 0.29) is 6.29 Å². The van der Waals surface area contributed by atoms with Crippen molar-refractivity contribution in [2.45, 2.75) is 10.7 Å². The Morgan fingerprint density at radius 1 is 1.25 bits per heavy atom. The highest BCUT2D eigenvalue weighted by molar-refractivity contribution is 6.77. The maximum atomic E-state index is 12.2. The fourth-order valence-corrected chi connectivity index (χ4v) is 2.46. The Balaban J connectivity index is 4.10. The fraction of sp³-hybridized carbons (Fsp3) is 0.231. The van der Waals surface area contributed by atoms with E-state index in [2.05, 4.69) is 0 Å². The number of halogens is 4. The second-order valence-corrected chi connectivity index (χ2v) is 6.98. The van der Waals surface area contributed by atoms with Crippen molar-refractivity contribution in [3.63, 3.8) is 0 Å². The molecule has 0 amide bonds. The van der Waals surface area contributed by atoms with Gasteiger partial charge in [0.2, 0.25) is 5.78 Å². The van der Waals surface area contributed by atoms with Crippen LogP contribution < -0.4 is 0 Å². The van der Waals surface area contributed by atoms with E-state index in [1.54, 1.807) is 0 Å². The van der Waals surface area contributed by atoms with Crippen LogP contribution in [0.2, 0.25) is 0 Å². The smallest absolute Gasteiger partial charge is 0.291 e. The van der Waals surface area contributed by atoms with Gasteiger partial charge < -0.3 is 0 Å². The Bertz CT molecular complexity index is 769. The molecule has 0 aliphatic heterocycles. The van der Waals surface area contributed by atoms with Gasteiger partial charge in [-0.25, -0.2) is 0 Å². The van der Waals surface area contributed by atoms with Crippen LogP contribution in [0.3, 0.4) is 0 Å². The number of nitro benzene ring substituents is 1. The second-order valence-electron chi connectivity index (χ2n) is 4.43. The van der Waals surface area contributed by atoms with Crippen molar-refractivity contribution in [1.82, 2.24) is 0 Å². The van der Waals surface area contributed by atoms with E-state index in [9.17, 15) is 29.3 Å². The van der Waals surface area contributed by atoms with Crippen molar-refractivity contribution in [3.05, 3.63) is 38.4 Å². The highest BCUT2D eigenvalue weighted by Crippen LogP contribution is 2.37. The van der Waals surface area contributed by atoms with Gasteiger partial charge in [0.15, 0.2) is 17.9 Å². The van der Waals surface area contributed by atoms with Crippen LogP contribution in [0.15, 0.2) is 6.07 Å². The van der Waals surface area contributed by atoms with Crippen molar-refractivity contribution >= 4 is 75.7 Å². The quantitative estimate of drug-likeness (QED) is 0.231. The summed E-state index contributed by atoms with van der Waals surface area (Å²) in [5.41, 5.74) is -3.57. The molecule has 24 heavy (non-hydrogen) atoms. The summed E-state index contributed by atoms with van der Waals surface area (Å²) in [5.74, 6) is -3.90. The maximum Gasteiger partial charge on any atom is 0.291 e. The molecule has 0 saturated carbocycles. The third-order valence-corrected chi connectivity index (χ3v) is 3.65. The average molecular weight is 415 g/mol. The predicted molar refractivity (Wildman–Crippen MR) is 88.2 cm³/mol. The summed E-state index contributed by atoms with van der Waals surface area (Å²) in [6, 6.07) is 0.733. The van der Waals surface area contributed by atoms with Crippen LogP contribution in [0.1, 0.15) is 48.4 Å². The molecule has 0 heterocycles. The van der Waals surface area contributed by atoms with Crippen LogP contribution >= 0.6 is 46.4 Å². The molecule has 7 nitrogen and oxygen atoms in total. The van der Waals surface area contributed by atoms with Crippen molar-refractivity contribution in [2.75, 3.05) is 5.88 Å². The molecule has 0 aliphatic carbocycles. The van der Waals surface area contributed by atoms with Gasteiger partial charge in [-0.05, 0) is 13.0 Å². The predicted octanol–water partition coefficient (Wildman–Crippen LogP) is 3.58. The SMILES string of the molecule is CC(=O)c1c(C=O)cc(C(=O)C(Cl)(Cl)Cl)c([N+](=O)[O-])c1C(=O)CCl. The van der Waals surface area contributed by atoms with Gasteiger partial charge in [-0.15, -0.1) is 11.6 Å². The number of ketones is 3. The molecule has 0 fully saturated rings. The average Bonchev–Trinajstić information content (AvgIpc) is 2.49. The topological polar surface area (TPSA) is 111 Å². The minimum absolute atomic E-state index is 0.153. The number of rotatable bonds is 6. The van der Waals surface area contributed by atoms with E-state index in [4.69, 9.17) is 46.4 Å². The first-order chi connectivity index (χ1) is 11.0. The Kier molecular flexibility index (Phi) is 6.46. The normalized spacial score (nSPS) is 11.0. The molecule has 11 heteroatoms. The van der Waals surface area contributed by atoms with Gasteiger partial charge in [-0.2, -0.15) is 0 Å². The Morgan fingerprint density at radius 3 is 2.12 bits per heavy atom. The van der Waals surface area contributed by atoms with E-state index in [0.29, 0.717) is 0 Å². The summed E-state index contributed by atoms with van der Waals surface area (Å²) in [7, 11) is 0. The van der Waals surface area contributed by atoms with Crippen molar-refractivity contribution < 1.29 is 24.1 Å². The van der Waals surface area contributed by atoms with Crippen molar-refractivity contribution in [3.8, 4) is 0 Å². The Morgan fingerprint density at radius 2 is 1.79 bits per heavy atom. The zero-order valence-electron chi connectivity index (χ0n) is 11.8. The van der Waals surface area contributed by atoms with E-state index in [1.807, 2.05) is 0 Å². The van der Waals surface area contributed by atoms with Crippen LogP contribution in [-0.2, 0) is 0 Å². The molecule has 1 aromatic carbocycles. The number of carbonyl (C=O) groups is 4. The monoisotopic (exact) mass is 413 g/mol. The van der Waals surface area contributed by atoms with Crippen LogP contribution in [0.25, 0.3) is 0 Å². The molecule has 0 unspecified atom stereocenters. The molecule has 0 spiro atoms. The van der Waals surface area contributed by atoms with Crippen LogP contribution in [0.5, 0.6) is 0 Å². The molecular formula is C13H7Cl4NO6. The van der Waals surface area contributed by atoms with Crippen LogP contribution in [-0.4, -0.2) is 38.2 Å². The number of nitro groups is 1. The number of alkyl halides is 4. The number of hydrogen-bond donors (Lipinski definition) is 0. The molecule has 0 saturated heterocycles. The molecule has 0 aromatic heterocycles. The lowest BCUT2D eigenvalue weighted by molar-refractivity contribution is -0.385. The number of aldehydes is 1. The highest BCUT2D eigenvalue weighted by atomic mass is 35.6. The summed E-state index contributed by atoms with van der Waals surface area (Å²) in [5, 5.41) is 11.4. The molecular weight excluding hydrogens is 408 g/mol. The number of carbonyl (C=O) groups excluding carboxylic acids is 4. The zero-order valence-corrected chi connectivity index (χ0v) is 14.8.